The summed E-state index contributed by atoms with van der Waals surface area (Å²) in [6.45, 7) is 5.26. The van der Waals surface area contributed by atoms with Gasteiger partial charge in [-0.2, -0.15) is 0 Å². The fourth-order valence-corrected chi connectivity index (χ4v) is 2.05. The SMILES string of the molecule is CCCn1c(C)nc2cc(CCl)ccc21.Cl. The molecule has 88 valence electrons. The number of fused-ring (bicyclic) bond motifs is 1. The second-order valence-corrected chi connectivity index (χ2v) is 4.03. The van der Waals surface area contributed by atoms with Crippen molar-refractivity contribution in [1.29, 1.82) is 0 Å². The molecule has 0 radical (unpaired) electrons. The average Bonchev–Trinajstić information content (AvgIpc) is 2.55. The second kappa shape index (κ2) is 5.55. The zero-order valence-corrected chi connectivity index (χ0v) is 11.1. The number of hydrogen-bond donors (Lipinski definition) is 0. The molecule has 4 heteroatoms. The van der Waals surface area contributed by atoms with Gasteiger partial charge >= 0.3 is 0 Å². The van der Waals surface area contributed by atoms with Crippen molar-refractivity contribution in [3.63, 3.8) is 0 Å². The van der Waals surface area contributed by atoms with Gasteiger partial charge in [0.1, 0.15) is 5.82 Å². The summed E-state index contributed by atoms with van der Waals surface area (Å²) in [6.07, 6.45) is 1.13. The first-order valence-corrected chi connectivity index (χ1v) is 5.81. The quantitative estimate of drug-likeness (QED) is 0.764. The van der Waals surface area contributed by atoms with Crippen LogP contribution in [0.3, 0.4) is 0 Å². The summed E-state index contributed by atoms with van der Waals surface area (Å²) in [4.78, 5) is 4.54. The highest BCUT2D eigenvalue weighted by atomic mass is 35.5. The van der Waals surface area contributed by atoms with Crippen LogP contribution in [-0.4, -0.2) is 9.55 Å². The summed E-state index contributed by atoms with van der Waals surface area (Å²) in [5.41, 5.74) is 3.40. The van der Waals surface area contributed by atoms with Gasteiger partial charge in [-0.15, -0.1) is 24.0 Å². The molecule has 0 aliphatic rings. The van der Waals surface area contributed by atoms with Crippen LogP contribution in [0.25, 0.3) is 11.0 Å². The minimum absolute atomic E-state index is 0. The Morgan fingerprint density at radius 3 is 2.75 bits per heavy atom. The average molecular weight is 259 g/mol. The third kappa shape index (κ3) is 2.33. The molecule has 0 unspecified atom stereocenters. The summed E-state index contributed by atoms with van der Waals surface area (Å²) < 4.78 is 2.26. The maximum atomic E-state index is 5.80. The first-order valence-electron chi connectivity index (χ1n) is 5.28. The molecule has 0 spiro atoms. The number of hydrogen-bond acceptors (Lipinski definition) is 1. The van der Waals surface area contributed by atoms with E-state index >= 15 is 0 Å². The Bertz CT molecular complexity index is 477. The third-order valence-corrected chi connectivity index (χ3v) is 2.91. The van der Waals surface area contributed by atoms with E-state index in [0.717, 1.165) is 29.9 Å². The Balaban J connectivity index is 0.00000128. The molecule has 16 heavy (non-hydrogen) atoms. The molecule has 0 bridgehead atoms. The summed E-state index contributed by atoms with van der Waals surface area (Å²) in [6, 6.07) is 6.26. The standard InChI is InChI=1S/C12H15ClN2.ClH/c1-3-6-15-9(2)14-11-7-10(8-13)4-5-12(11)15;/h4-5,7H,3,6,8H2,1-2H3;1H. The van der Waals surface area contributed by atoms with E-state index in [9.17, 15) is 0 Å². The lowest BCUT2D eigenvalue weighted by atomic mass is 10.2. The zero-order valence-electron chi connectivity index (χ0n) is 9.53. The van der Waals surface area contributed by atoms with Crippen molar-refractivity contribution in [3.05, 3.63) is 29.6 Å². The number of rotatable bonds is 3. The van der Waals surface area contributed by atoms with Crippen molar-refractivity contribution >= 4 is 35.0 Å². The van der Waals surface area contributed by atoms with Gasteiger partial charge in [0, 0.05) is 12.4 Å². The van der Waals surface area contributed by atoms with Crippen LogP contribution in [0.1, 0.15) is 24.7 Å². The van der Waals surface area contributed by atoms with Crippen LogP contribution >= 0.6 is 24.0 Å². The van der Waals surface area contributed by atoms with Gasteiger partial charge in [-0.1, -0.05) is 13.0 Å². The number of benzene rings is 1. The van der Waals surface area contributed by atoms with Crippen molar-refractivity contribution < 1.29 is 0 Å². The van der Waals surface area contributed by atoms with Gasteiger partial charge in [-0.25, -0.2) is 4.98 Å². The highest BCUT2D eigenvalue weighted by molar-refractivity contribution is 6.17. The van der Waals surface area contributed by atoms with Gasteiger partial charge in [0.15, 0.2) is 0 Å². The molecule has 0 saturated heterocycles. The summed E-state index contributed by atoms with van der Waals surface area (Å²) in [7, 11) is 0. The van der Waals surface area contributed by atoms with Crippen molar-refractivity contribution in [1.82, 2.24) is 9.55 Å². The highest BCUT2D eigenvalue weighted by Gasteiger charge is 2.06. The van der Waals surface area contributed by atoms with Crippen molar-refractivity contribution in [3.8, 4) is 0 Å². The van der Waals surface area contributed by atoms with E-state index in [2.05, 4.69) is 41.6 Å². The molecule has 0 N–H and O–H groups in total. The first kappa shape index (κ1) is 13.3. The predicted molar refractivity (Wildman–Crippen MR) is 71.6 cm³/mol. The second-order valence-electron chi connectivity index (χ2n) is 3.77. The molecule has 1 aromatic carbocycles. The topological polar surface area (TPSA) is 17.8 Å². The lowest BCUT2D eigenvalue weighted by Crippen LogP contribution is -1.98. The first-order chi connectivity index (χ1) is 7.26. The van der Waals surface area contributed by atoms with Gasteiger partial charge < -0.3 is 4.57 Å². The van der Waals surface area contributed by atoms with E-state index in [1.807, 2.05) is 0 Å². The normalized spacial score (nSPS) is 10.4. The fourth-order valence-electron chi connectivity index (χ4n) is 1.88. The molecular weight excluding hydrogens is 243 g/mol. The fraction of sp³-hybridized carbons (Fsp3) is 0.417. The minimum Gasteiger partial charge on any atom is -0.328 e. The number of aryl methyl sites for hydroxylation is 2. The molecule has 0 amide bonds. The van der Waals surface area contributed by atoms with Crippen LogP contribution in [0.5, 0.6) is 0 Å². The minimum atomic E-state index is 0. The van der Waals surface area contributed by atoms with E-state index in [1.54, 1.807) is 0 Å². The predicted octanol–water partition coefficient (Wildman–Crippen LogP) is 3.92. The summed E-state index contributed by atoms with van der Waals surface area (Å²) >= 11 is 5.80. The zero-order chi connectivity index (χ0) is 10.8. The summed E-state index contributed by atoms with van der Waals surface area (Å²) in [5, 5.41) is 0. The maximum Gasteiger partial charge on any atom is 0.106 e. The molecule has 2 aromatic rings. The van der Waals surface area contributed by atoms with E-state index in [4.69, 9.17) is 11.6 Å². The van der Waals surface area contributed by atoms with Gasteiger partial charge in [0.05, 0.1) is 11.0 Å². The van der Waals surface area contributed by atoms with E-state index in [0.29, 0.717) is 5.88 Å². The number of nitrogens with zero attached hydrogens (tertiary/aromatic N) is 2. The van der Waals surface area contributed by atoms with E-state index in [1.165, 1.54) is 5.52 Å². The van der Waals surface area contributed by atoms with Gasteiger partial charge in [0.2, 0.25) is 0 Å². The molecule has 0 saturated carbocycles. The highest BCUT2D eigenvalue weighted by Crippen LogP contribution is 2.18. The van der Waals surface area contributed by atoms with Gasteiger partial charge in [-0.3, -0.25) is 0 Å². The third-order valence-electron chi connectivity index (χ3n) is 2.61. The Morgan fingerprint density at radius 1 is 1.38 bits per heavy atom. The van der Waals surface area contributed by atoms with E-state index < -0.39 is 0 Å². The number of alkyl halides is 1. The molecule has 2 rings (SSSR count). The molecule has 1 heterocycles. The van der Waals surface area contributed by atoms with Crippen molar-refractivity contribution in [2.45, 2.75) is 32.7 Å². The Morgan fingerprint density at radius 2 is 2.12 bits per heavy atom. The van der Waals surface area contributed by atoms with Crippen LogP contribution in [0.15, 0.2) is 18.2 Å². The number of imidazole rings is 1. The molecule has 0 fully saturated rings. The molecule has 0 atom stereocenters. The molecular formula is C12H16Cl2N2. The van der Waals surface area contributed by atoms with Crippen LogP contribution in [-0.2, 0) is 12.4 Å². The number of aromatic nitrogens is 2. The monoisotopic (exact) mass is 258 g/mol. The lowest BCUT2D eigenvalue weighted by Gasteiger charge is -2.04. The van der Waals surface area contributed by atoms with Crippen LogP contribution in [0, 0.1) is 6.92 Å². The van der Waals surface area contributed by atoms with Crippen molar-refractivity contribution in [2.24, 2.45) is 0 Å². The Kier molecular flexibility index (Phi) is 4.63. The van der Waals surface area contributed by atoms with Crippen LogP contribution < -0.4 is 0 Å². The summed E-state index contributed by atoms with van der Waals surface area (Å²) in [5.74, 6) is 1.63. The van der Waals surface area contributed by atoms with Crippen molar-refractivity contribution in [2.75, 3.05) is 0 Å². The van der Waals surface area contributed by atoms with Gasteiger partial charge in [-0.05, 0) is 31.0 Å². The largest absolute Gasteiger partial charge is 0.328 e. The molecule has 0 aliphatic carbocycles. The Labute approximate surface area is 107 Å². The van der Waals surface area contributed by atoms with E-state index in [-0.39, 0.29) is 12.4 Å². The molecule has 1 aromatic heterocycles. The molecule has 2 nitrogen and oxygen atoms in total. The lowest BCUT2D eigenvalue weighted by molar-refractivity contribution is 0.676. The van der Waals surface area contributed by atoms with Crippen LogP contribution in [0.2, 0.25) is 0 Å². The maximum absolute atomic E-state index is 5.80. The molecule has 0 aliphatic heterocycles. The van der Waals surface area contributed by atoms with Crippen LogP contribution in [0.4, 0.5) is 0 Å². The Hall–Kier alpha value is -0.730. The number of halogens is 2. The van der Waals surface area contributed by atoms with Gasteiger partial charge in [0.25, 0.3) is 0 Å². The smallest absolute Gasteiger partial charge is 0.106 e.